The molecule has 0 aromatic heterocycles. The van der Waals surface area contributed by atoms with Crippen molar-refractivity contribution < 1.29 is 14.3 Å². The molecule has 4 nitrogen and oxygen atoms in total. The first kappa shape index (κ1) is 13.6. The Kier molecular flexibility index (Phi) is 4.35. The normalized spacial score (nSPS) is 9.60. The Morgan fingerprint density at radius 1 is 1.05 bits per heavy atom. The Bertz CT molecular complexity index is 624. The minimum Gasteiger partial charge on any atom is -0.494 e. The zero-order chi connectivity index (χ0) is 14.4. The predicted molar refractivity (Wildman–Crippen MR) is 73.7 cm³/mol. The van der Waals surface area contributed by atoms with Gasteiger partial charge in [0.05, 0.1) is 23.8 Å². The van der Waals surface area contributed by atoms with Crippen LogP contribution in [0, 0.1) is 11.3 Å². The molecule has 0 saturated heterocycles. The van der Waals surface area contributed by atoms with Gasteiger partial charge in [-0.2, -0.15) is 5.26 Å². The fourth-order valence-electron chi connectivity index (χ4n) is 1.62. The SMILES string of the molecule is CCOc1ccc(OC(=O)c2ccc(C#N)cc2)cc1. The van der Waals surface area contributed by atoms with E-state index in [2.05, 4.69) is 0 Å². The largest absolute Gasteiger partial charge is 0.494 e. The van der Waals surface area contributed by atoms with E-state index in [1.54, 1.807) is 48.5 Å². The van der Waals surface area contributed by atoms with E-state index in [0.717, 1.165) is 5.75 Å². The van der Waals surface area contributed by atoms with Gasteiger partial charge in [-0.25, -0.2) is 4.79 Å². The van der Waals surface area contributed by atoms with Crippen LogP contribution in [0.1, 0.15) is 22.8 Å². The van der Waals surface area contributed by atoms with Gasteiger partial charge in [0.1, 0.15) is 11.5 Å². The van der Waals surface area contributed by atoms with Crippen molar-refractivity contribution in [2.24, 2.45) is 0 Å². The van der Waals surface area contributed by atoms with Crippen molar-refractivity contribution in [3.05, 3.63) is 59.7 Å². The Morgan fingerprint density at radius 3 is 2.20 bits per heavy atom. The second kappa shape index (κ2) is 6.39. The molecule has 0 aliphatic heterocycles. The highest BCUT2D eigenvalue weighted by Gasteiger charge is 2.08. The van der Waals surface area contributed by atoms with Crippen LogP contribution >= 0.6 is 0 Å². The third-order valence-corrected chi connectivity index (χ3v) is 2.59. The van der Waals surface area contributed by atoms with E-state index in [1.807, 2.05) is 13.0 Å². The lowest BCUT2D eigenvalue weighted by molar-refractivity contribution is 0.0734. The van der Waals surface area contributed by atoms with Crippen molar-refractivity contribution in [1.82, 2.24) is 0 Å². The number of rotatable bonds is 4. The Balaban J connectivity index is 2.05. The predicted octanol–water partition coefficient (Wildman–Crippen LogP) is 3.18. The number of nitrogens with zero attached hydrogens (tertiary/aromatic N) is 1. The number of esters is 1. The van der Waals surface area contributed by atoms with Gasteiger partial charge in [0.15, 0.2) is 0 Å². The van der Waals surface area contributed by atoms with E-state index in [9.17, 15) is 4.79 Å². The highest BCUT2D eigenvalue weighted by Crippen LogP contribution is 2.18. The fourth-order valence-corrected chi connectivity index (χ4v) is 1.62. The van der Waals surface area contributed by atoms with Crippen molar-refractivity contribution in [2.45, 2.75) is 6.92 Å². The summed E-state index contributed by atoms with van der Waals surface area (Å²) in [7, 11) is 0. The maximum atomic E-state index is 11.9. The average molecular weight is 267 g/mol. The molecule has 0 atom stereocenters. The van der Waals surface area contributed by atoms with Gasteiger partial charge >= 0.3 is 5.97 Å². The van der Waals surface area contributed by atoms with Gasteiger partial charge in [0.25, 0.3) is 0 Å². The van der Waals surface area contributed by atoms with Crippen LogP contribution in [0.2, 0.25) is 0 Å². The Morgan fingerprint density at radius 2 is 1.65 bits per heavy atom. The molecular formula is C16H13NO3. The second-order valence-electron chi connectivity index (χ2n) is 3.98. The van der Waals surface area contributed by atoms with E-state index in [1.165, 1.54) is 0 Å². The van der Waals surface area contributed by atoms with Gasteiger partial charge in [0.2, 0.25) is 0 Å². The van der Waals surface area contributed by atoms with Gasteiger partial charge in [-0.3, -0.25) is 0 Å². The van der Waals surface area contributed by atoms with Crippen LogP contribution in [-0.4, -0.2) is 12.6 Å². The molecule has 0 aliphatic rings. The molecule has 0 saturated carbocycles. The van der Waals surface area contributed by atoms with Crippen LogP contribution in [0.5, 0.6) is 11.5 Å². The van der Waals surface area contributed by atoms with Crippen LogP contribution < -0.4 is 9.47 Å². The third-order valence-electron chi connectivity index (χ3n) is 2.59. The highest BCUT2D eigenvalue weighted by molar-refractivity contribution is 5.91. The maximum absolute atomic E-state index is 11.9. The topological polar surface area (TPSA) is 59.3 Å². The summed E-state index contributed by atoms with van der Waals surface area (Å²) in [4.78, 5) is 11.9. The number of benzene rings is 2. The van der Waals surface area contributed by atoms with Crippen molar-refractivity contribution in [2.75, 3.05) is 6.61 Å². The van der Waals surface area contributed by atoms with Crippen LogP contribution in [0.4, 0.5) is 0 Å². The molecule has 0 spiro atoms. The van der Waals surface area contributed by atoms with Gasteiger partial charge in [-0.1, -0.05) is 0 Å². The van der Waals surface area contributed by atoms with Crippen molar-refractivity contribution in [1.29, 1.82) is 5.26 Å². The zero-order valence-corrected chi connectivity index (χ0v) is 11.0. The summed E-state index contributed by atoms with van der Waals surface area (Å²) in [5.41, 5.74) is 0.903. The molecule has 4 heteroatoms. The zero-order valence-electron chi connectivity index (χ0n) is 11.0. The molecule has 0 amide bonds. The van der Waals surface area contributed by atoms with Gasteiger partial charge in [-0.15, -0.1) is 0 Å². The molecule has 2 aromatic carbocycles. The van der Waals surface area contributed by atoms with Crippen LogP contribution in [0.15, 0.2) is 48.5 Å². The molecule has 2 rings (SSSR count). The molecule has 100 valence electrons. The minimum atomic E-state index is -0.460. The van der Waals surface area contributed by atoms with E-state index < -0.39 is 5.97 Å². The first-order chi connectivity index (χ1) is 9.72. The van der Waals surface area contributed by atoms with Gasteiger partial charge < -0.3 is 9.47 Å². The van der Waals surface area contributed by atoms with E-state index in [-0.39, 0.29) is 0 Å². The van der Waals surface area contributed by atoms with Crippen molar-refractivity contribution >= 4 is 5.97 Å². The smallest absolute Gasteiger partial charge is 0.343 e. The Hall–Kier alpha value is -2.80. The highest BCUT2D eigenvalue weighted by atomic mass is 16.5. The number of carbonyl (C=O) groups excluding carboxylic acids is 1. The lowest BCUT2D eigenvalue weighted by atomic mass is 10.1. The van der Waals surface area contributed by atoms with Crippen molar-refractivity contribution in [3.63, 3.8) is 0 Å². The number of carbonyl (C=O) groups is 1. The molecule has 0 heterocycles. The summed E-state index contributed by atoms with van der Waals surface area (Å²) >= 11 is 0. The molecule has 2 aromatic rings. The summed E-state index contributed by atoms with van der Waals surface area (Å²) in [6.07, 6.45) is 0. The molecule has 0 bridgehead atoms. The first-order valence-corrected chi connectivity index (χ1v) is 6.18. The number of hydrogen-bond acceptors (Lipinski definition) is 4. The van der Waals surface area contributed by atoms with Crippen molar-refractivity contribution in [3.8, 4) is 17.6 Å². The van der Waals surface area contributed by atoms with E-state index in [4.69, 9.17) is 14.7 Å². The summed E-state index contributed by atoms with van der Waals surface area (Å²) < 4.78 is 10.5. The number of hydrogen-bond donors (Lipinski definition) is 0. The standard InChI is InChI=1S/C16H13NO3/c1-2-19-14-7-9-15(10-8-14)20-16(18)13-5-3-12(11-17)4-6-13/h3-10H,2H2,1H3. The molecule has 0 radical (unpaired) electrons. The maximum Gasteiger partial charge on any atom is 0.343 e. The molecular weight excluding hydrogens is 254 g/mol. The summed E-state index contributed by atoms with van der Waals surface area (Å²) in [6, 6.07) is 15.1. The first-order valence-electron chi connectivity index (χ1n) is 6.18. The summed E-state index contributed by atoms with van der Waals surface area (Å²) in [6.45, 7) is 2.49. The third kappa shape index (κ3) is 3.36. The Labute approximate surface area is 117 Å². The van der Waals surface area contributed by atoms with Crippen LogP contribution in [0.25, 0.3) is 0 Å². The molecule has 0 fully saturated rings. The number of nitriles is 1. The van der Waals surface area contributed by atoms with Gasteiger partial charge in [-0.05, 0) is 55.5 Å². The van der Waals surface area contributed by atoms with Gasteiger partial charge in [0, 0.05) is 0 Å². The molecule has 0 unspecified atom stereocenters. The lowest BCUT2D eigenvalue weighted by Gasteiger charge is -2.06. The molecule has 20 heavy (non-hydrogen) atoms. The van der Waals surface area contributed by atoms with Crippen LogP contribution in [0.3, 0.4) is 0 Å². The quantitative estimate of drug-likeness (QED) is 0.630. The summed E-state index contributed by atoms with van der Waals surface area (Å²) in [5, 5.41) is 8.69. The lowest BCUT2D eigenvalue weighted by Crippen LogP contribution is -2.08. The van der Waals surface area contributed by atoms with E-state index in [0.29, 0.717) is 23.5 Å². The number of ether oxygens (including phenoxy) is 2. The molecule has 0 N–H and O–H groups in total. The second-order valence-corrected chi connectivity index (χ2v) is 3.98. The molecule has 0 aliphatic carbocycles. The minimum absolute atomic E-state index is 0.401. The van der Waals surface area contributed by atoms with E-state index >= 15 is 0 Å². The van der Waals surface area contributed by atoms with Crippen LogP contribution in [-0.2, 0) is 0 Å². The average Bonchev–Trinajstić information content (AvgIpc) is 2.49. The summed E-state index contributed by atoms with van der Waals surface area (Å²) in [5.74, 6) is 0.715. The monoisotopic (exact) mass is 267 g/mol. The fraction of sp³-hybridized carbons (Fsp3) is 0.125.